The van der Waals surface area contributed by atoms with Gasteiger partial charge in [-0.25, -0.2) is 0 Å². The zero-order valence-electron chi connectivity index (χ0n) is 14.9. The molecule has 4 rings (SSSR count). The van der Waals surface area contributed by atoms with E-state index in [0.29, 0.717) is 17.3 Å². The molecule has 1 aromatic heterocycles. The van der Waals surface area contributed by atoms with Gasteiger partial charge in [0, 0.05) is 11.9 Å². The number of fused-ring (bicyclic) bond motifs is 1. The van der Waals surface area contributed by atoms with E-state index in [9.17, 15) is 4.79 Å². The van der Waals surface area contributed by atoms with Crippen molar-refractivity contribution in [1.82, 2.24) is 4.90 Å². The molecule has 3 aromatic rings. The maximum atomic E-state index is 13.1. The summed E-state index contributed by atoms with van der Waals surface area (Å²) in [6.45, 7) is 0.717. The summed E-state index contributed by atoms with van der Waals surface area (Å²) in [6, 6.07) is 15.3. The largest absolute Gasteiger partial charge is 0.493 e. The van der Waals surface area contributed by atoms with Gasteiger partial charge in [-0.2, -0.15) is 0 Å². The Morgan fingerprint density at radius 2 is 1.88 bits per heavy atom. The minimum absolute atomic E-state index is 0.00974. The van der Waals surface area contributed by atoms with E-state index in [2.05, 4.69) is 0 Å². The Kier molecular flexibility index (Phi) is 4.29. The standard InChI is InChI=1S/C21H21NO4/c1-24-18-10-9-14(12-19(18)25-2)16-7-5-11-22(16)21(23)20-13-15-6-3-4-8-17(15)26-20/h3-4,6,8-10,12-13,16H,5,7,11H2,1-2H3. The van der Waals surface area contributed by atoms with Gasteiger partial charge in [-0.3, -0.25) is 4.79 Å². The van der Waals surface area contributed by atoms with Gasteiger partial charge in [0.05, 0.1) is 20.3 Å². The van der Waals surface area contributed by atoms with E-state index >= 15 is 0 Å². The average molecular weight is 351 g/mol. The third kappa shape index (κ3) is 2.79. The van der Waals surface area contributed by atoms with Crippen molar-refractivity contribution < 1.29 is 18.7 Å². The highest BCUT2D eigenvalue weighted by atomic mass is 16.5. The molecule has 1 fully saturated rings. The summed E-state index contributed by atoms with van der Waals surface area (Å²) in [4.78, 5) is 14.9. The molecule has 1 unspecified atom stereocenters. The summed E-state index contributed by atoms with van der Waals surface area (Å²) in [5, 5.41) is 0.942. The van der Waals surface area contributed by atoms with Gasteiger partial charge in [0.15, 0.2) is 17.3 Å². The first-order valence-electron chi connectivity index (χ1n) is 8.72. The van der Waals surface area contributed by atoms with E-state index in [0.717, 1.165) is 35.9 Å². The number of hydrogen-bond donors (Lipinski definition) is 0. The van der Waals surface area contributed by atoms with Crippen molar-refractivity contribution in [2.24, 2.45) is 0 Å². The normalized spacial score (nSPS) is 16.8. The summed E-state index contributed by atoms with van der Waals surface area (Å²) in [5.74, 6) is 1.68. The molecule has 0 radical (unpaired) electrons. The van der Waals surface area contributed by atoms with Crippen molar-refractivity contribution in [3.8, 4) is 11.5 Å². The van der Waals surface area contributed by atoms with Crippen molar-refractivity contribution in [1.29, 1.82) is 0 Å². The Bertz CT molecular complexity index is 913. The molecule has 1 aliphatic heterocycles. The van der Waals surface area contributed by atoms with Gasteiger partial charge in [0.2, 0.25) is 0 Å². The molecule has 0 N–H and O–H groups in total. The fourth-order valence-electron chi connectivity index (χ4n) is 3.65. The molecule has 5 nitrogen and oxygen atoms in total. The van der Waals surface area contributed by atoms with Gasteiger partial charge < -0.3 is 18.8 Å². The fourth-order valence-corrected chi connectivity index (χ4v) is 3.65. The summed E-state index contributed by atoms with van der Waals surface area (Å²) < 4.78 is 16.5. The number of methoxy groups -OCH3 is 2. The zero-order valence-corrected chi connectivity index (χ0v) is 14.9. The lowest BCUT2D eigenvalue weighted by Crippen LogP contribution is -2.30. The molecular formula is C21H21NO4. The number of hydrogen-bond acceptors (Lipinski definition) is 4. The Hall–Kier alpha value is -2.95. The van der Waals surface area contributed by atoms with Crippen LogP contribution in [0.25, 0.3) is 11.0 Å². The van der Waals surface area contributed by atoms with Crippen molar-refractivity contribution in [3.63, 3.8) is 0 Å². The van der Waals surface area contributed by atoms with Gasteiger partial charge >= 0.3 is 0 Å². The monoisotopic (exact) mass is 351 g/mol. The van der Waals surface area contributed by atoms with Crippen LogP contribution in [0, 0.1) is 0 Å². The molecule has 2 aromatic carbocycles. The topological polar surface area (TPSA) is 51.9 Å². The predicted octanol–water partition coefficient (Wildman–Crippen LogP) is 4.43. The van der Waals surface area contributed by atoms with E-state index in [-0.39, 0.29) is 11.9 Å². The molecule has 1 saturated heterocycles. The molecule has 5 heteroatoms. The molecular weight excluding hydrogens is 330 g/mol. The van der Waals surface area contributed by atoms with Crippen LogP contribution in [0.4, 0.5) is 0 Å². The zero-order chi connectivity index (χ0) is 18.1. The Labute approximate surface area is 152 Å². The van der Waals surface area contributed by atoms with Crippen molar-refractivity contribution in [3.05, 3.63) is 59.9 Å². The first-order chi connectivity index (χ1) is 12.7. The van der Waals surface area contributed by atoms with E-state index in [1.54, 1.807) is 14.2 Å². The molecule has 0 aliphatic carbocycles. The molecule has 0 spiro atoms. The van der Waals surface area contributed by atoms with E-state index in [4.69, 9.17) is 13.9 Å². The van der Waals surface area contributed by atoms with Gasteiger partial charge in [-0.1, -0.05) is 24.3 Å². The van der Waals surface area contributed by atoms with E-state index in [1.807, 2.05) is 53.4 Å². The van der Waals surface area contributed by atoms with E-state index in [1.165, 1.54) is 0 Å². The SMILES string of the molecule is COc1ccc(C2CCCN2C(=O)c2cc3ccccc3o2)cc1OC. The molecule has 2 heterocycles. The number of likely N-dealkylation sites (tertiary alicyclic amines) is 1. The Balaban J connectivity index is 1.64. The van der Waals surface area contributed by atoms with Gasteiger partial charge in [-0.05, 0) is 42.7 Å². The van der Waals surface area contributed by atoms with Crippen LogP contribution < -0.4 is 9.47 Å². The predicted molar refractivity (Wildman–Crippen MR) is 98.8 cm³/mol. The Morgan fingerprint density at radius 1 is 1.08 bits per heavy atom. The van der Waals surface area contributed by atoms with Crippen LogP contribution in [0.3, 0.4) is 0 Å². The summed E-state index contributed by atoms with van der Waals surface area (Å²) in [7, 11) is 3.23. The highest BCUT2D eigenvalue weighted by Gasteiger charge is 2.32. The van der Waals surface area contributed by atoms with Crippen LogP contribution in [-0.4, -0.2) is 31.6 Å². The third-order valence-corrected chi connectivity index (χ3v) is 4.94. The lowest BCUT2D eigenvalue weighted by Gasteiger charge is -2.24. The summed E-state index contributed by atoms with van der Waals surface area (Å²) in [6.07, 6.45) is 1.88. The number of rotatable bonds is 4. The second-order valence-electron chi connectivity index (χ2n) is 6.42. The quantitative estimate of drug-likeness (QED) is 0.698. The number of carbonyl (C=O) groups is 1. The molecule has 0 bridgehead atoms. The molecule has 1 aliphatic rings. The number of nitrogens with zero attached hydrogens (tertiary/aromatic N) is 1. The molecule has 1 amide bonds. The highest BCUT2D eigenvalue weighted by molar-refractivity contribution is 5.96. The van der Waals surface area contributed by atoms with Crippen LogP contribution in [-0.2, 0) is 0 Å². The third-order valence-electron chi connectivity index (χ3n) is 4.94. The number of para-hydroxylation sites is 1. The second kappa shape index (κ2) is 6.75. The average Bonchev–Trinajstić information content (AvgIpc) is 3.33. The summed E-state index contributed by atoms with van der Waals surface area (Å²) >= 11 is 0. The second-order valence-corrected chi connectivity index (χ2v) is 6.42. The van der Waals surface area contributed by atoms with Crippen molar-refractivity contribution in [2.75, 3.05) is 20.8 Å². The summed E-state index contributed by atoms with van der Waals surface area (Å²) in [5.41, 5.74) is 1.78. The smallest absolute Gasteiger partial charge is 0.290 e. The number of furan rings is 1. The molecule has 134 valence electrons. The molecule has 0 saturated carbocycles. The molecule has 1 atom stereocenters. The fraction of sp³-hybridized carbons (Fsp3) is 0.286. The first kappa shape index (κ1) is 16.5. The lowest BCUT2D eigenvalue weighted by molar-refractivity contribution is 0.0705. The van der Waals surface area contributed by atoms with Gasteiger partial charge in [0.25, 0.3) is 5.91 Å². The minimum atomic E-state index is -0.0708. The minimum Gasteiger partial charge on any atom is -0.493 e. The van der Waals surface area contributed by atoms with Crippen LogP contribution in [0.5, 0.6) is 11.5 Å². The van der Waals surface area contributed by atoms with E-state index < -0.39 is 0 Å². The van der Waals surface area contributed by atoms with Gasteiger partial charge in [0.1, 0.15) is 5.58 Å². The number of ether oxygens (including phenoxy) is 2. The highest BCUT2D eigenvalue weighted by Crippen LogP contribution is 2.38. The number of benzene rings is 2. The number of carbonyl (C=O) groups excluding carboxylic acids is 1. The van der Waals surface area contributed by atoms with Crippen molar-refractivity contribution in [2.45, 2.75) is 18.9 Å². The maximum absolute atomic E-state index is 13.1. The van der Waals surface area contributed by atoms with Gasteiger partial charge in [-0.15, -0.1) is 0 Å². The van der Waals surface area contributed by atoms with Crippen LogP contribution in [0.15, 0.2) is 52.9 Å². The maximum Gasteiger partial charge on any atom is 0.290 e. The van der Waals surface area contributed by atoms with Crippen molar-refractivity contribution >= 4 is 16.9 Å². The first-order valence-corrected chi connectivity index (χ1v) is 8.72. The lowest BCUT2D eigenvalue weighted by atomic mass is 10.0. The molecule has 26 heavy (non-hydrogen) atoms. The van der Waals surface area contributed by atoms with Crippen LogP contribution >= 0.6 is 0 Å². The Morgan fingerprint density at radius 3 is 2.65 bits per heavy atom. The van der Waals surface area contributed by atoms with Crippen LogP contribution in [0.1, 0.15) is 35.0 Å². The number of amides is 1. The van der Waals surface area contributed by atoms with Crippen LogP contribution in [0.2, 0.25) is 0 Å².